The van der Waals surface area contributed by atoms with Crippen molar-refractivity contribution in [2.45, 2.75) is 70.8 Å². The molecule has 25 heavy (non-hydrogen) atoms. The van der Waals surface area contributed by atoms with E-state index >= 15 is 0 Å². The summed E-state index contributed by atoms with van der Waals surface area (Å²) in [5.74, 6) is 1.39. The minimum absolute atomic E-state index is 0.0844. The van der Waals surface area contributed by atoms with Crippen LogP contribution in [0.2, 0.25) is 0 Å². The van der Waals surface area contributed by atoms with E-state index in [0.29, 0.717) is 25.0 Å². The highest BCUT2D eigenvalue weighted by Crippen LogP contribution is 2.24. The Morgan fingerprint density at radius 2 is 2.12 bits per heavy atom. The van der Waals surface area contributed by atoms with Gasteiger partial charge in [0.2, 0.25) is 5.91 Å². The number of hydrogen-bond donors (Lipinski definition) is 2. The first-order valence-corrected chi connectivity index (χ1v) is 9.84. The molecule has 1 atom stereocenters. The van der Waals surface area contributed by atoms with Crippen molar-refractivity contribution < 1.29 is 14.6 Å². The molecule has 0 spiro atoms. The van der Waals surface area contributed by atoms with Gasteiger partial charge in [0.25, 0.3) is 0 Å². The van der Waals surface area contributed by atoms with Crippen molar-refractivity contribution in [2.24, 2.45) is 5.92 Å². The van der Waals surface area contributed by atoms with E-state index < -0.39 is 0 Å². The molecular weight excluding hydrogens is 314 g/mol. The molecule has 0 aromatic heterocycles. The SMILES string of the molecule is CCC[C@@H](CCO)CNC(=O)CCc1cccc(OC2CCCC2)c1. The van der Waals surface area contributed by atoms with Crippen molar-refractivity contribution in [1.29, 1.82) is 0 Å². The van der Waals surface area contributed by atoms with Crippen LogP contribution in [-0.4, -0.2) is 30.3 Å². The summed E-state index contributed by atoms with van der Waals surface area (Å²) in [6.07, 6.45) is 9.29. The Labute approximate surface area is 152 Å². The fourth-order valence-electron chi connectivity index (χ4n) is 3.52. The van der Waals surface area contributed by atoms with Crippen LogP contribution in [0.1, 0.15) is 63.9 Å². The lowest BCUT2D eigenvalue weighted by atomic mass is 10.00. The van der Waals surface area contributed by atoms with Crippen molar-refractivity contribution in [1.82, 2.24) is 5.32 Å². The first kappa shape index (κ1) is 19.8. The number of carbonyl (C=O) groups excluding carboxylic acids is 1. The molecule has 0 heterocycles. The van der Waals surface area contributed by atoms with Crippen molar-refractivity contribution in [2.75, 3.05) is 13.2 Å². The number of amides is 1. The van der Waals surface area contributed by atoms with E-state index in [2.05, 4.69) is 24.4 Å². The van der Waals surface area contributed by atoms with Gasteiger partial charge in [0, 0.05) is 19.6 Å². The Kier molecular flexibility index (Phi) is 8.81. The van der Waals surface area contributed by atoms with E-state index in [-0.39, 0.29) is 12.5 Å². The second-order valence-electron chi connectivity index (χ2n) is 7.14. The van der Waals surface area contributed by atoms with Gasteiger partial charge in [0.05, 0.1) is 6.10 Å². The normalized spacial score (nSPS) is 15.9. The average molecular weight is 347 g/mol. The van der Waals surface area contributed by atoms with Crippen molar-refractivity contribution in [3.8, 4) is 5.75 Å². The maximum atomic E-state index is 12.1. The third-order valence-corrected chi connectivity index (χ3v) is 4.97. The maximum Gasteiger partial charge on any atom is 0.220 e. The lowest BCUT2D eigenvalue weighted by Crippen LogP contribution is -2.29. The molecule has 140 valence electrons. The van der Waals surface area contributed by atoms with Crippen molar-refractivity contribution in [3.05, 3.63) is 29.8 Å². The van der Waals surface area contributed by atoms with Crippen LogP contribution in [0.4, 0.5) is 0 Å². The number of nitrogens with one attached hydrogen (secondary N) is 1. The zero-order valence-electron chi connectivity index (χ0n) is 15.5. The summed E-state index contributed by atoms with van der Waals surface area (Å²) >= 11 is 0. The first-order valence-electron chi connectivity index (χ1n) is 9.84. The van der Waals surface area contributed by atoms with Gasteiger partial charge in [-0.15, -0.1) is 0 Å². The summed E-state index contributed by atoms with van der Waals surface area (Å²) in [4.78, 5) is 12.1. The highest BCUT2D eigenvalue weighted by Gasteiger charge is 2.16. The molecule has 4 heteroatoms. The van der Waals surface area contributed by atoms with Gasteiger partial charge in [-0.2, -0.15) is 0 Å². The Bertz CT molecular complexity index is 506. The molecule has 1 aliphatic carbocycles. The topological polar surface area (TPSA) is 58.6 Å². The number of aryl methyl sites for hydroxylation is 1. The molecular formula is C21H33NO3. The highest BCUT2D eigenvalue weighted by atomic mass is 16.5. The summed E-state index contributed by atoms with van der Waals surface area (Å²) in [5.41, 5.74) is 1.14. The van der Waals surface area contributed by atoms with E-state index in [9.17, 15) is 4.79 Å². The lowest BCUT2D eigenvalue weighted by molar-refractivity contribution is -0.121. The molecule has 0 saturated heterocycles. The largest absolute Gasteiger partial charge is 0.490 e. The summed E-state index contributed by atoms with van der Waals surface area (Å²) < 4.78 is 6.03. The molecule has 4 nitrogen and oxygen atoms in total. The summed E-state index contributed by atoms with van der Waals surface area (Å²) in [6.45, 7) is 2.99. The standard InChI is InChI=1S/C21H33NO3/c1-2-6-18(13-14-23)16-22-21(24)12-11-17-7-5-10-20(15-17)25-19-8-3-4-9-19/h5,7,10,15,18-19,23H,2-4,6,8-9,11-14,16H2,1H3,(H,22,24)/t18-/m0/s1. The number of aliphatic hydroxyl groups excluding tert-OH is 1. The minimum Gasteiger partial charge on any atom is -0.490 e. The monoisotopic (exact) mass is 347 g/mol. The van der Waals surface area contributed by atoms with Crippen LogP contribution in [-0.2, 0) is 11.2 Å². The van der Waals surface area contributed by atoms with E-state index in [4.69, 9.17) is 9.84 Å². The zero-order chi connectivity index (χ0) is 17.9. The average Bonchev–Trinajstić information content (AvgIpc) is 3.11. The Hall–Kier alpha value is -1.55. The molecule has 1 saturated carbocycles. The van der Waals surface area contributed by atoms with Gasteiger partial charge in [0.1, 0.15) is 5.75 Å². The van der Waals surface area contributed by atoms with Crippen LogP contribution in [0.3, 0.4) is 0 Å². The van der Waals surface area contributed by atoms with Crippen molar-refractivity contribution in [3.63, 3.8) is 0 Å². The molecule has 0 aliphatic heterocycles. The number of hydrogen-bond acceptors (Lipinski definition) is 3. The Balaban J connectivity index is 1.73. The van der Waals surface area contributed by atoms with E-state index in [1.807, 2.05) is 12.1 Å². The number of aliphatic hydroxyl groups is 1. The molecule has 0 bridgehead atoms. The van der Waals surface area contributed by atoms with Crippen LogP contribution >= 0.6 is 0 Å². The van der Waals surface area contributed by atoms with Crippen molar-refractivity contribution >= 4 is 5.91 Å². The van der Waals surface area contributed by atoms with Gasteiger partial charge in [0.15, 0.2) is 0 Å². The molecule has 0 unspecified atom stereocenters. The predicted octanol–water partition coefficient (Wildman–Crippen LogP) is 3.86. The number of carbonyl (C=O) groups is 1. The van der Waals surface area contributed by atoms with Gasteiger partial charge < -0.3 is 15.2 Å². The van der Waals surface area contributed by atoms with Crippen LogP contribution in [0, 0.1) is 5.92 Å². The quantitative estimate of drug-likeness (QED) is 0.639. The predicted molar refractivity (Wildman–Crippen MR) is 101 cm³/mol. The summed E-state index contributed by atoms with van der Waals surface area (Å²) in [6, 6.07) is 8.14. The first-order chi connectivity index (χ1) is 12.2. The third-order valence-electron chi connectivity index (χ3n) is 4.97. The van der Waals surface area contributed by atoms with Gasteiger partial charge in [-0.05, 0) is 68.6 Å². The second kappa shape index (κ2) is 11.1. The molecule has 1 amide bonds. The summed E-state index contributed by atoms with van der Waals surface area (Å²) in [7, 11) is 0. The number of benzene rings is 1. The third kappa shape index (κ3) is 7.47. The van der Waals surface area contributed by atoms with E-state index in [0.717, 1.165) is 49.8 Å². The van der Waals surface area contributed by atoms with Gasteiger partial charge in [-0.3, -0.25) is 4.79 Å². The molecule has 2 rings (SSSR count). The van der Waals surface area contributed by atoms with Gasteiger partial charge >= 0.3 is 0 Å². The van der Waals surface area contributed by atoms with Crippen LogP contribution in [0.15, 0.2) is 24.3 Å². The number of rotatable bonds is 11. The molecule has 0 radical (unpaired) electrons. The lowest BCUT2D eigenvalue weighted by Gasteiger charge is -2.16. The molecule has 1 aromatic rings. The zero-order valence-corrected chi connectivity index (χ0v) is 15.5. The number of ether oxygens (including phenoxy) is 1. The second-order valence-corrected chi connectivity index (χ2v) is 7.14. The fourth-order valence-corrected chi connectivity index (χ4v) is 3.52. The fraction of sp³-hybridized carbons (Fsp3) is 0.667. The van der Waals surface area contributed by atoms with Gasteiger partial charge in [-0.1, -0.05) is 25.5 Å². The van der Waals surface area contributed by atoms with Crippen LogP contribution < -0.4 is 10.1 Å². The minimum atomic E-state index is 0.0844. The van der Waals surface area contributed by atoms with E-state index in [1.54, 1.807) is 0 Å². The highest BCUT2D eigenvalue weighted by molar-refractivity contribution is 5.76. The molecule has 1 aromatic carbocycles. The Morgan fingerprint density at radius 3 is 2.84 bits per heavy atom. The molecule has 1 aliphatic rings. The molecule has 1 fully saturated rings. The van der Waals surface area contributed by atoms with E-state index in [1.165, 1.54) is 12.8 Å². The van der Waals surface area contributed by atoms with Crippen LogP contribution in [0.5, 0.6) is 5.75 Å². The van der Waals surface area contributed by atoms with Gasteiger partial charge in [-0.25, -0.2) is 0 Å². The van der Waals surface area contributed by atoms with Crippen LogP contribution in [0.25, 0.3) is 0 Å². The molecule has 2 N–H and O–H groups in total. The smallest absolute Gasteiger partial charge is 0.220 e. The summed E-state index contributed by atoms with van der Waals surface area (Å²) in [5, 5.41) is 12.1. The maximum absolute atomic E-state index is 12.1. The Morgan fingerprint density at radius 1 is 1.32 bits per heavy atom.